The molecule has 0 saturated carbocycles. The van der Waals surface area contributed by atoms with Gasteiger partial charge in [0.2, 0.25) is 0 Å². The summed E-state index contributed by atoms with van der Waals surface area (Å²) in [4.78, 5) is 13.0. The molecule has 1 saturated heterocycles. The Kier molecular flexibility index (Phi) is 3.73. The Hall–Kier alpha value is -0.610. The quantitative estimate of drug-likeness (QED) is 0.718. The first kappa shape index (κ1) is 12.5. The normalized spacial score (nSPS) is 29.1. The van der Waals surface area contributed by atoms with Gasteiger partial charge in [0, 0.05) is 30.7 Å². The van der Waals surface area contributed by atoms with Gasteiger partial charge in [-0.3, -0.25) is 9.69 Å². The summed E-state index contributed by atoms with van der Waals surface area (Å²) in [5, 5.41) is 12.1. The number of rotatable bonds is 2. The van der Waals surface area contributed by atoms with E-state index in [2.05, 4.69) is 37.9 Å². The Morgan fingerprint density at radius 2 is 2.07 bits per heavy atom. The SMILES string of the molecule is CC1CN(C(C)(C)C)CC(CC(=O)O)N1. The molecule has 0 bridgehead atoms. The first-order valence-electron chi connectivity index (χ1n) is 5.52. The van der Waals surface area contributed by atoms with Crippen molar-refractivity contribution in [1.82, 2.24) is 10.2 Å². The number of carboxylic acid groups (broad SMARTS) is 1. The predicted octanol–water partition coefficient (Wildman–Crippen LogP) is 0.922. The molecule has 0 aromatic heterocycles. The lowest BCUT2D eigenvalue weighted by Crippen LogP contribution is -2.60. The van der Waals surface area contributed by atoms with Crippen molar-refractivity contribution in [3.05, 3.63) is 0 Å². The first-order valence-corrected chi connectivity index (χ1v) is 5.52. The number of hydrogen-bond acceptors (Lipinski definition) is 3. The van der Waals surface area contributed by atoms with Gasteiger partial charge in [0.25, 0.3) is 0 Å². The summed E-state index contributed by atoms with van der Waals surface area (Å²) in [6.07, 6.45) is 0.205. The van der Waals surface area contributed by atoms with Crippen LogP contribution in [0, 0.1) is 0 Å². The van der Waals surface area contributed by atoms with Crippen LogP contribution in [0.5, 0.6) is 0 Å². The molecule has 1 heterocycles. The minimum Gasteiger partial charge on any atom is -0.481 e. The van der Waals surface area contributed by atoms with Crippen LogP contribution in [0.3, 0.4) is 0 Å². The third-order valence-corrected chi connectivity index (χ3v) is 2.82. The zero-order valence-corrected chi connectivity index (χ0v) is 10.1. The predicted molar refractivity (Wildman–Crippen MR) is 60.0 cm³/mol. The van der Waals surface area contributed by atoms with Crippen molar-refractivity contribution in [1.29, 1.82) is 0 Å². The smallest absolute Gasteiger partial charge is 0.304 e. The highest BCUT2D eigenvalue weighted by atomic mass is 16.4. The molecule has 0 aliphatic carbocycles. The average Bonchev–Trinajstić information content (AvgIpc) is 1.99. The maximum Gasteiger partial charge on any atom is 0.304 e. The van der Waals surface area contributed by atoms with Crippen LogP contribution in [0.25, 0.3) is 0 Å². The molecule has 1 aliphatic heterocycles. The molecule has 0 aromatic rings. The molecule has 1 rings (SSSR count). The molecule has 2 atom stereocenters. The van der Waals surface area contributed by atoms with E-state index >= 15 is 0 Å². The largest absolute Gasteiger partial charge is 0.481 e. The third kappa shape index (κ3) is 3.80. The molecule has 15 heavy (non-hydrogen) atoms. The monoisotopic (exact) mass is 214 g/mol. The van der Waals surface area contributed by atoms with Gasteiger partial charge in [-0.05, 0) is 27.7 Å². The Bertz CT molecular complexity index is 235. The van der Waals surface area contributed by atoms with E-state index in [1.54, 1.807) is 0 Å². The minimum atomic E-state index is -0.726. The average molecular weight is 214 g/mol. The van der Waals surface area contributed by atoms with E-state index in [0.717, 1.165) is 13.1 Å². The van der Waals surface area contributed by atoms with Gasteiger partial charge < -0.3 is 10.4 Å². The summed E-state index contributed by atoms with van der Waals surface area (Å²) in [5.41, 5.74) is 0.118. The number of nitrogens with zero attached hydrogens (tertiary/aromatic N) is 1. The van der Waals surface area contributed by atoms with E-state index in [1.807, 2.05) is 0 Å². The highest BCUT2D eigenvalue weighted by Gasteiger charge is 2.31. The maximum atomic E-state index is 10.7. The van der Waals surface area contributed by atoms with Gasteiger partial charge in [-0.2, -0.15) is 0 Å². The van der Waals surface area contributed by atoms with Crippen LogP contribution in [0.2, 0.25) is 0 Å². The number of piperazine rings is 1. The van der Waals surface area contributed by atoms with E-state index in [1.165, 1.54) is 0 Å². The number of carboxylic acids is 1. The fourth-order valence-electron chi connectivity index (χ4n) is 2.06. The van der Waals surface area contributed by atoms with Crippen LogP contribution in [0.15, 0.2) is 0 Å². The zero-order valence-electron chi connectivity index (χ0n) is 10.1. The molecule has 0 aromatic carbocycles. The molecule has 1 aliphatic rings. The van der Waals surface area contributed by atoms with E-state index in [4.69, 9.17) is 5.11 Å². The molecular weight excluding hydrogens is 192 g/mol. The van der Waals surface area contributed by atoms with E-state index in [-0.39, 0.29) is 18.0 Å². The second-order valence-electron chi connectivity index (χ2n) is 5.44. The van der Waals surface area contributed by atoms with Crippen molar-refractivity contribution >= 4 is 5.97 Å². The van der Waals surface area contributed by atoms with Crippen LogP contribution < -0.4 is 5.32 Å². The van der Waals surface area contributed by atoms with Crippen molar-refractivity contribution in [2.45, 2.75) is 51.7 Å². The van der Waals surface area contributed by atoms with Crippen LogP contribution in [-0.4, -0.2) is 46.7 Å². The summed E-state index contributed by atoms with van der Waals surface area (Å²) in [6.45, 7) is 10.4. The molecule has 4 nitrogen and oxygen atoms in total. The second-order valence-corrected chi connectivity index (χ2v) is 5.44. The van der Waals surface area contributed by atoms with E-state index in [0.29, 0.717) is 6.04 Å². The molecule has 2 unspecified atom stereocenters. The third-order valence-electron chi connectivity index (χ3n) is 2.82. The van der Waals surface area contributed by atoms with Crippen molar-refractivity contribution < 1.29 is 9.90 Å². The lowest BCUT2D eigenvalue weighted by atomic mass is 9.99. The molecular formula is C11H22N2O2. The lowest BCUT2D eigenvalue weighted by Gasteiger charge is -2.44. The lowest BCUT2D eigenvalue weighted by molar-refractivity contribution is -0.138. The highest BCUT2D eigenvalue weighted by molar-refractivity contribution is 5.67. The number of nitrogens with one attached hydrogen (secondary N) is 1. The molecule has 1 fully saturated rings. The Labute approximate surface area is 91.6 Å². The number of carbonyl (C=O) groups is 1. The van der Waals surface area contributed by atoms with Crippen LogP contribution >= 0.6 is 0 Å². The fraction of sp³-hybridized carbons (Fsp3) is 0.909. The summed E-state index contributed by atoms with van der Waals surface area (Å²) in [7, 11) is 0. The number of hydrogen-bond donors (Lipinski definition) is 2. The Balaban J connectivity index is 2.59. The van der Waals surface area contributed by atoms with Gasteiger partial charge in [0.1, 0.15) is 0 Å². The Morgan fingerprint density at radius 1 is 1.47 bits per heavy atom. The number of aliphatic carboxylic acids is 1. The first-order chi connectivity index (χ1) is 6.79. The standard InChI is InChI=1S/C11H22N2O2/c1-8-6-13(11(2,3)4)7-9(12-8)5-10(14)15/h8-9,12H,5-7H2,1-4H3,(H,14,15). The molecule has 4 heteroatoms. The fourth-order valence-corrected chi connectivity index (χ4v) is 2.06. The van der Waals surface area contributed by atoms with Gasteiger partial charge in [-0.1, -0.05) is 0 Å². The van der Waals surface area contributed by atoms with Crippen LogP contribution in [0.4, 0.5) is 0 Å². The van der Waals surface area contributed by atoms with Crippen molar-refractivity contribution in [2.24, 2.45) is 0 Å². The highest BCUT2D eigenvalue weighted by Crippen LogP contribution is 2.18. The summed E-state index contributed by atoms with van der Waals surface area (Å²) >= 11 is 0. The van der Waals surface area contributed by atoms with Crippen LogP contribution in [0.1, 0.15) is 34.1 Å². The summed E-state index contributed by atoms with van der Waals surface area (Å²) < 4.78 is 0. The topological polar surface area (TPSA) is 52.6 Å². The van der Waals surface area contributed by atoms with Gasteiger partial charge in [-0.25, -0.2) is 0 Å². The summed E-state index contributed by atoms with van der Waals surface area (Å²) in [6, 6.07) is 0.438. The molecule has 88 valence electrons. The van der Waals surface area contributed by atoms with E-state index < -0.39 is 5.97 Å². The Morgan fingerprint density at radius 3 is 2.53 bits per heavy atom. The molecule has 0 radical (unpaired) electrons. The van der Waals surface area contributed by atoms with Gasteiger partial charge in [-0.15, -0.1) is 0 Å². The molecule has 0 spiro atoms. The second kappa shape index (κ2) is 4.49. The molecule has 2 N–H and O–H groups in total. The van der Waals surface area contributed by atoms with Crippen LogP contribution in [-0.2, 0) is 4.79 Å². The van der Waals surface area contributed by atoms with Gasteiger partial charge in [0.15, 0.2) is 0 Å². The van der Waals surface area contributed by atoms with Gasteiger partial charge in [0.05, 0.1) is 6.42 Å². The maximum absolute atomic E-state index is 10.7. The molecule has 0 amide bonds. The minimum absolute atomic E-state index is 0.0745. The zero-order chi connectivity index (χ0) is 11.6. The van der Waals surface area contributed by atoms with Crippen molar-refractivity contribution in [2.75, 3.05) is 13.1 Å². The van der Waals surface area contributed by atoms with E-state index in [9.17, 15) is 4.79 Å². The van der Waals surface area contributed by atoms with Gasteiger partial charge >= 0.3 is 5.97 Å². The van der Waals surface area contributed by atoms with Crippen molar-refractivity contribution in [3.8, 4) is 0 Å². The van der Waals surface area contributed by atoms with Crippen molar-refractivity contribution in [3.63, 3.8) is 0 Å². The summed E-state index contributed by atoms with van der Waals surface area (Å²) in [5.74, 6) is -0.726.